The number of fused-ring (bicyclic) bond motifs is 1. The number of unbranched alkanes of at least 4 members (excludes halogenated alkanes) is 1. The summed E-state index contributed by atoms with van der Waals surface area (Å²) in [6.07, 6.45) is 1.84. The summed E-state index contributed by atoms with van der Waals surface area (Å²) in [7, 11) is 1.32. The standard InChI is InChI=1S/C19H23N5O5/c1-3-4-10-29-18-22-15(20)14-16(23-18)24(19(26)21-14)9-11-28-13-7-5-12(6-8-13)17(25)27-2/h5-8H,3-4,9-11H2,1-2H3,(H,21,26)(H2,20,22,23). The number of aromatic amines is 1. The third-order valence-corrected chi connectivity index (χ3v) is 4.22. The topological polar surface area (TPSA) is 134 Å². The van der Waals surface area contributed by atoms with Crippen LogP contribution in [-0.2, 0) is 11.3 Å². The number of carbonyl (C=O) groups excluding carboxylic acids is 1. The molecule has 0 fully saturated rings. The Hall–Kier alpha value is -3.56. The zero-order valence-electron chi connectivity index (χ0n) is 16.3. The minimum atomic E-state index is -0.420. The number of benzene rings is 1. The van der Waals surface area contributed by atoms with E-state index >= 15 is 0 Å². The van der Waals surface area contributed by atoms with Gasteiger partial charge in [-0.1, -0.05) is 13.3 Å². The van der Waals surface area contributed by atoms with Gasteiger partial charge in [0.1, 0.15) is 17.9 Å². The van der Waals surface area contributed by atoms with Crippen LogP contribution in [0.25, 0.3) is 11.2 Å². The average Bonchev–Trinajstić information content (AvgIpc) is 3.04. The molecule has 3 rings (SSSR count). The Balaban J connectivity index is 1.71. The maximum atomic E-state index is 12.3. The van der Waals surface area contributed by atoms with Crippen molar-refractivity contribution < 1.29 is 19.0 Å². The smallest absolute Gasteiger partial charge is 0.337 e. The van der Waals surface area contributed by atoms with Crippen molar-refractivity contribution >= 4 is 23.0 Å². The van der Waals surface area contributed by atoms with Crippen LogP contribution in [0.4, 0.5) is 5.82 Å². The van der Waals surface area contributed by atoms with E-state index < -0.39 is 5.97 Å². The van der Waals surface area contributed by atoms with Gasteiger partial charge in [0.15, 0.2) is 11.5 Å². The fraction of sp³-hybridized carbons (Fsp3) is 0.368. The summed E-state index contributed by atoms with van der Waals surface area (Å²) < 4.78 is 17.2. The van der Waals surface area contributed by atoms with E-state index in [-0.39, 0.29) is 30.7 Å². The Kier molecular flexibility index (Phi) is 6.32. The first-order chi connectivity index (χ1) is 14.0. The molecule has 0 spiro atoms. The van der Waals surface area contributed by atoms with Gasteiger partial charge >= 0.3 is 17.7 Å². The van der Waals surface area contributed by atoms with Crippen LogP contribution in [0.15, 0.2) is 29.1 Å². The number of nitrogens with one attached hydrogen (secondary N) is 1. The highest BCUT2D eigenvalue weighted by atomic mass is 16.5. The zero-order chi connectivity index (χ0) is 20.8. The van der Waals surface area contributed by atoms with Crippen LogP contribution in [0.3, 0.4) is 0 Å². The molecule has 0 amide bonds. The Bertz CT molecular complexity index is 1040. The summed E-state index contributed by atoms with van der Waals surface area (Å²) in [5.74, 6) is 0.288. The first kappa shape index (κ1) is 20.2. The highest BCUT2D eigenvalue weighted by Crippen LogP contribution is 2.18. The van der Waals surface area contributed by atoms with Crippen molar-refractivity contribution in [2.24, 2.45) is 0 Å². The Morgan fingerprint density at radius 1 is 1.17 bits per heavy atom. The minimum Gasteiger partial charge on any atom is -0.492 e. The SMILES string of the molecule is CCCCOc1nc(N)c2[nH]c(=O)n(CCOc3ccc(C(=O)OC)cc3)c2n1. The van der Waals surface area contributed by atoms with Gasteiger partial charge in [0.05, 0.1) is 25.8 Å². The van der Waals surface area contributed by atoms with Crippen LogP contribution in [0, 0.1) is 0 Å². The number of aromatic nitrogens is 4. The van der Waals surface area contributed by atoms with Crippen molar-refractivity contribution in [3.8, 4) is 11.8 Å². The number of ether oxygens (including phenoxy) is 3. The van der Waals surface area contributed by atoms with Gasteiger partial charge in [-0.25, -0.2) is 9.59 Å². The molecule has 2 heterocycles. The van der Waals surface area contributed by atoms with E-state index in [4.69, 9.17) is 15.2 Å². The van der Waals surface area contributed by atoms with Crippen molar-refractivity contribution in [3.63, 3.8) is 0 Å². The number of esters is 1. The van der Waals surface area contributed by atoms with Gasteiger partial charge in [0, 0.05) is 0 Å². The van der Waals surface area contributed by atoms with Crippen molar-refractivity contribution in [1.82, 2.24) is 19.5 Å². The molecule has 3 aromatic rings. The molecule has 0 aliphatic rings. The van der Waals surface area contributed by atoms with Crippen LogP contribution in [-0.4, -0.2) is 45.8 Å². The van der Waals surface area contributed by atoms with E-state index in [2.05, 4.69) is 26.6 Å². The number of anilines is 1. The number of nitrogens with two attached hydrogens (primary N) is 1. The molecule has 154 valence electrons. The minimum absolute atomic E-state index is 0.135. The lowest BCUT2D eigenvalue weighted by Gasteiger charge is -2.08. The Morgan fingerprint density at radius 2 is 1.93 bits per heavy atom. The Morgan fingerprint density at radius 3 is 2.62 bits per heavy atom. The van der Waals surface area contributed by atoms with Gasteiger partial charge < -0.3 is 24.9 Å². The third-order valence-electron chi connectivity index (χ3n) is 4.22. The van der Waals surface area contributed by atoms with Crippen LogP contribution in [0.1, 0.15) is 30.1 Å². The van der Waals surface area contributed by atoms with Crippen molar-refractivity contribution in [1.29, 1.82) is 0 Å². The van der Waals surface area contributed by atoms with Crippen molar-refractivity contribution in [3.05, 3.63) is 40.3 Å². The molecule has 1 aromatic carbocycles. The second-order valence-corrected chi connectivity index (χ2v) is 6.24. The van der Waals surface area contributed by atoms with Crippen molar-refractivity contribution in [2.75, 3.05) is 26.1 Å². The Labute approximate surface area is 166 Å². The number of hydrogen-bond acceptors (Lipinski definition) is 8. The number of hydrogen-bond donors (Lipinski definition) is 2. The van der Waals surface area contributed by atoms with Gasteiger partial charge in [0.2, 0.25) is 0 Å². The molecule has 10 heteroatoms. The van der Waals surface area contributed by atoms with Crippen LogP contribution < -0.4 is 20.9 Å². The second kappa shape index (κ2) is 9.09. The quantitative estimate of drug-likeness (QED) is 0.409. The maximum absolute atomic E-state index is 12.3. The number of carbonyl (C=O) groups is 1. The fourth-order valence-corrected chi connectivity index (χ4v) is 2.67. The van der Waals surface area contributed by atoms with Gasteiger partial charge in [-0.2, -0.15) is 9.97 Å². The normalized spacial score (nSPS) is 10.8. The number of H-pyrrole nitrogens is 1. The van der Waals surface area contributed by atoms with E-state index in [0.29, 0.717) is 29.1 Å². The van der Waals surface area contributed by atoms with Gasteiger partial charge in [-0.05, 0) is 30.7 Å². The molecule has 0 aliphatic heterocycles. The number of imidazole rings is 1. The summed E-state index contributed by atoms with van der Waals surface area (Å²) in [5.41, 5.74) is 6.71. The zero-order valence-corrected chi connectivity index (χ0v) is 16.3. The van der Waals surface area contributed by atoms with Gasteiger partial charge in [0.25, 0.3) is 0 Å². The lowest BCUT2D eigenvalue weighted by molar-refractivity contribution is 0.0600. The molecule has 0 bridgehead atoms. The highest BCUT2D eigenvalue weighted by Gasteiger charge is 2.14. The van der Waals surface area contributed by atoms with Gasteiger partial charge in [-0.15, -0.1) is 0 Å². The first-order valence-electron chi connectivity index (χ1n) is 9.23. The number of nitrogen functional groups attached to an aromatic ring is 1. The summed E-state index contributed by atoms with van der Waals surface area (Å²) in [6.45, 7) is 2.97. The molecular formula is C19H23N5O5. The molecule has 0 saturated carbocycles. The molecule has 0 atom stereocenters. The van der Waals surface area contributed by atoms with Gasteiger partial charge in [-0.3, -0.25) is 4.57 Å². The summed E-state index contributed by atoms with van der Waals surface area (Å²) in [5, 5.41) is 0. The lowest BCUT2D eigenvalue weighted by atomic mass is 10.2. The highest BCUT2D eigenvalue weighted by molar-refractivity contribution is 5.89. The van der Waals surface area contributed by atoms with E-state index in [0.717, 1.165) is 12.8 Å². The molecule has 2 aromatic heterocycles. The van der Waals surface area contributed by atoms with Crippen molar-refractivity contribution in [2.45, 2.75) is 26.3 Å². The summed E-state index contributed by atoms with van der Waals surface area (Å²) >= 11 is 0. The number of methoxy groups -OCH3 is 1. The monoisotopic (exact) mass is 401 g/mol. The second-order valence-electron chi connectivity index (χ2n) is 6.24. The molecule has 0 unspecified atom stereocenters. The van der Waals surface area contributed by atoms with E-state index in [9.17, 15) is 9.59 Å². The number of rotatable bonds is 9. The molecule has 0 saturated heterocycles. The molecule has 29 heavy (non-hydrogen) atoms. The fourth-order valence-electron chi connectivity index (χ4n) is 2.67. The van der Waals surface area contributed by atoms with Crippen LogP contribution >= 0.6 is 0 Å². The lowest BCUT2D eigenvalue weighted by Crippen LogP contribution is -2.21. The largest absolute Gasteiger partial charge is 0.492 e. The predicted molar refractivity (Wildman–Crippen MR) is 106 cm³/mol. The molecule has 3 N–H and O–H groups in total. The predicted octanol–water partition coefficient (Wildman–Crippen LogP) is 1.75. The molecule has 0 aliphatic carbocycles. The third kappa shape index (κ3) is 4.65. The van der Waals surface area contributed by atoms with E-state index in [1.165, 1.54) is 11.7 Å². The maximum Gasteiger partial charge on any atom is 0.337 e. The first-order valence-corrected chi connectivity index (χ1v) is 9.23. The molecule has 0 radical (unpaired) electrons. The summed E-state index contributed by atoms with van der Waals surface area (Å²) in [6, 6.07) is 6.66. The van der Waals surface area contributed by atoms with Crippen LogP contribution in [0.5, 0.6) is 11.8 Å². The average molecular weight is 401 g/mol. The number of nitrogens with zero attached hydrogens (tertiary/aromatic N) is 3. The van der Waals surface area contributed by atoms with E-state index in [1.807, 2.05) is 0 Å². The summed E-state index contributed by atoms with van der Waals surface area (Å²) in [4.78, 5) is 34.8. The molecular weight excluding hydrogens is 378 g/mol. The van der Waals surface area contributed by atoms with Crippen LogP contribution in [0.2, 0.25) is 0 Å². The molecule has 10 nitrogen and oxygen atoms in total. The van der Waals surface area contributed by atoms with E-state index in [1.54, 1.807) is 24.3 Å².